The number of hydrogen-bond donors (Lipinski definition) is 1. The molecule has 0 spiro atoms. The summed E-state index contributed by atoms with van der Waals surface area (Å²) in [6.45, 7) is 2.45. The van der Waals surface area contributed by atoms with Gasteiger partial charge in [-0.25, -0.2) is 0 Å². The van der Waals surface area contributed by atoms with Crippen LogP contribution in [0.4, 0.5) is 11.4 Å². The van der Waals surface area contributed by atoms with Gasteiger partial charge in [-0.2, -0.15) is 0 Å². The number of methoxy groups -OCH3 is 1. The van der Waals surface area contributed by atoms with Gasteiger partial charge in [0.25, 0.3) is 5.69 Å². The fraction of sp³-hybridized carbons (Fsp3) is 0.125. The molecule has 0 saturated carbocycles. The lowest BCUT2D eigenvalue weighted by molar-refractivity contribution is -0.384. The van der Waals surface area contributed by atoms with Gasteiger partial charge in [-0.1, -0.05) is 30.3 Å². The predicted octanol–water partition coefficient (Wildman–Crippen LogP) is 5.91. The highest BCUT2D eigenvalue weighted by molar-refractivity contribution is 9.10. The second-order valence-corrected chi connectivity index (χ2v) is 7.72. The van der Waals surface area contributed by atoms with E-state index in [1.54, 1.807) is 25.3 Å². The van der Waals surface area contributed by atoms with E-state index in [1.807, 2.05) is 37.3 Å². The Morgan fingerprint density at radius 3 is 2.59 bits per heavy atom. The first-order valence-electron chi connectivity index (χ1n) is 9.65. The number of nitrogens with zero attached hydrogens (tertiary/aromatic N) is 1. The summed E-state index contributed by atoms with van der Waals surface area (Å²) in [5, 5.41) is 13.5. The summed E-state index contributed by atoms with van der Waals surface area (Å²) in [6.07, 6.45) is 3.01. The molecule has 164 valence electrons. The maximum absolute atomic E-state index is 12.3. The molecule has 3 aromatic rings. The Labute approximate surface area is 194 Å². The zero-order valence-corrected chi connectivity index (χ0v) is 19.1. The van der Waals surface area contributed by atoms with Crippen molar-refractivity contribution in [2.75, 3.05) is 12.4 Å². The number of amides is 1. The molecule has 1 N–H and O–H groups in total. The summed E-state index contributed by atoms with van der Waals surface area (Å²) in [5.74, 6) is 0.782. The first kappa shape index (κ1) is 23.0. The minimum absolute atomic E-state index is 0.0674. The maximum atomic E-state index is 12.3. The van der Waals surface area contributed by atoms with Gasteiger partial charge < -0.3 is 14.8 Å². The summed E-state index contributed by atoms with van der Waals surface area (Å²) >= 11 is 3.23. The molecule has 0 saturated heterocycles. The lowest BCUT2D eigenvalue weighted by atomic mass is 10.1. The third-order valence-corrected chi connectivity index (χ3v) is 5.34. The molecule has 32 heavy (non-hydrogen) atoms. The highest BCUT2D eigenvalue weighted by Gasteiger charge is 2.11. The molecule has 3 aromatic carbocycles. The molecule has 0 unspecified atom stereocenters. The summed E-state index contributed by atoms with van der Waals surface area (Å²) in [4.78, 5) is 22.6. The van der Waals surface area contributed by atoms with Crippen LogP contribution in [0.5, 0.6) is 11.5 Å². The highest BCUT2D eigenvalue weighted by atomic mass is 79.9. The Morgan fingerprint density at radius 1 is 1.12 bits per heavy atom. The van der Waals surface area contributed by atoms with E-state index in [0.717, 1.165) is 16.7 Å². The van der Waals surface area contributed by atoms with Crippen LogP contribution in [0.2, 0.25) is 0 Å². The number of aryl methyl sites for hydroxylation is 1. The fourth-order valence-electron chi connectivity index (χ4n) is 2.90. The average molecular weight is 497 g/mol. The van der Waals surface area contributed by atoms with Crippen molar-refractivity contribution in [3.8, 4) is 11.5 Å². The van der Waals surface area contributed by atoms with E-state index < -0.39 is 4.92 Å². The van der Waals surface area contributed by atoms with Crippen LogP contribution in [0.25, 0.3) is 6.08 Å². The standard InChI is InChI=1S/C24H21BrN2O5/c1-16-5-3-4-6-18(16)15-32-22-11-7-17(13-23(22)31-2)8-12-24(28)26-21-10-9-19(27(29)30)14-20(21)25/h3-14H,15H2,1-2H3,(H,26,28)/b12-8+. The molecular weight excluding hydrogens is 476 g/mol. The van der Waals surface area contributed by atoms with Crippen molar-refractivity contribution in [2.45, 2.75) is 13.5 Å². The minimum atomic E-state index is -0.502. The van der Waals surface area contributed by atoms with Crippen molar-refractivity contribution in [1.82, 2.24) is 0 Å². The Hall–Kier alpha value is -3.65. The molecule has 1 amide bonds. The summed E-state index contributed by atoms with van der Waals surface area (Å²) in [7, 11) is 1.56. The zero-order chi connectivity index (χ0) is 23.1. The fourth-order valence-corrected chi connectivity index (χ4v) is 3.37. The molecule has 0 heterocycles. The topological polar surface area (TPSA) is 90.7 Å². The SMILES string of the molecule is COc1cc(/C=C/C(=O)Nc2ccc([N+](=O)[O-])cc2Br)ccc1OCc1ccccc1C. The Morgan fingerprint density at radius 2 is 1.91 bits per heavy atom. The molecule has 0 radical (unpaired) electrons. The van der Waals surface area contributed by atoms with Gasteiger partial charge in [-0.05, 0) is 63.8 Å². The van der Waals surface area contributed by atoms with Gasteiger partial charge in [0, 0.05) is 22.7 Å². The highest BCUT2D eigenvalue weighted by Crippen LogP contribution is 2.30. The first-order valence-corrected chi connectivity index (χ1v) is 10.4. The Balaban J connectivity index is 1.66. The van der Waals surface area contributed by atoms with Crippen molar-refractivity contribution >= 4 is 39.3 Å². The van der Waals surface area contributed by atoms with Gasteiger partial charge in [0.15, 0.2) is 11.5 Å². The number of nitro groups is 1. The second kappa shape index (κ2) is 10.6. The van der Waals surface area contributed by atoms with Crippen LogP contribution in [0, 0.1) is 17.0 Å². The van der Waals surface area contributed by atoms with Crippen LogP contribution in [-0.4, -0.2) is 17.9 Å². The van der Waals surface area contributed by atoms with Crippen molar-refractivity contribution in [3.63, 3.8) is 0 Å². The molecule has 0 bridgehead atoms. The van der Waals surface area contributed by atoms with Gasteiger partial charge in [-0.15, -0.1) is 0 Å². The first-order chi connectivity index (χ1) is 15.4. The minimum Gasteiger partial charge on any atom is -0.493 e. The molecule has 0 atom stereocenters. The molecule has 0 fully saturated rings. The van der Waals surface area contributed by atoms with Crippen molar-refractivity contribution < 1.29 is 19.2 Å². The maximum Gasteiger partial charge on any atom is 0.270 e. The van der Waals surface area contributed by atoms with Crippen LogP contribution in [0.3, 0.4) is 0 Å². The number of carbonyl (C=O) groups is 1. The van der Waals surface area contributed by atoms with Gasteiger partial charge in [0.2, 0.25) is 5.91 Å². The summed E-state index contributed by atoms with van der Waals surface area (Å²) in [5.41, 5.74) is 3.36. The monoisotopic (exact) mass is 496 g/mol. The molecule has 0 aliphatic heterocycles. The number of anilines is 1. The van der Waals surface area contributed by atoms with E-state index in [9.17, 15) is 14.9 Å². The number of nitrogens with one attached hydrogen (secondary N) is 1. The molecular formula is C24H21BrN2O5. The van der Waals surface area contributed by atoms with E-state index in [0.29, 0.717) is 28.3 Å². The van der Waals surface area contributed by atoms with Crippen molar-refractivity contribution in [1.29, 1.82) is 0 Å². The molecule has 0 aromatic heterocycles. The normalized spacial score (nSPS) is 10.7. The molecule has 7 nitrogen and oxygen atoms in total. The number of halogens is 1. The molecule has 0 aliphatic rings. The van der Waals surface area contributed by atoms with E-state index in [4.69, 9.17) is 9.47 Å². The van der Waals surface area contributed by atoms with Crippen molar-refractivity contribution in [3.05, 3.63) is 98.0 Å². The number of carbonyl (C=O) groups excluding carboxylic acids is 1. The lowest BCUT2D eigenvalue weighted by Crippen LogP contribution is -2.08. The van der Waals surface area contributed by atoms with Gasteiger partial charge in [0.1, 0.15) is 6.61 Å². The third kappa shape index (κ3) is 5.95. The van der Waals surface area contributed by atoms with Crippen LogP contribution in [-0.2, 0) is 11.4 Å². The van der Waals surface area contributed by atoms with Crippen molar-refractivity contribution in [2.24, 2.45) is 0 Å². The van der Waals surface area contributed by atoms with Crippen LogP contribution in [0.15, 0.2) is 71.2 Å². The molecule has 0 aliphatic carbocycles. The number of benzene rings is 3. The van der Waals surface area contributed by atoms with Crippen LogP contribution < -0.4 is 14.8 Å². The van der Waals surface area contributed by atoms with E-state index in [-0.39, 0.29) is 11.6 Å². The van der Waals surface area contributed by atoms with E-state index in [2.05, 4.69) is 21.2 Å². The van der Waals surface area contributed by atoms with Gasteiger partial charge in [-0.3, -0.25) is 14.9 Å². The van der Waals surface area contributed by atoms with Gasteiger partial charge >= 0.3 is 0 Å². The van der Waals surface area contributed by atoms with Crippen LogP contribution in [0.1, 0.15) is 16.7 Å². The smallest absolute Gasteiger partial charge is 0.270 e. The molecule has 8 heteroatoms. The predicted molar refractivity (Wildman–Crippen MR) is 127 cm³/mol. The number of rotatable bonds is 8. The Bertz CT molecular complexity index is 1180. The average Bonchev–Trinajstić information content (AvgIpc) is 2.78. The number of non-ortho nitro benzene ring substituents is 1. The largest absolute Gasteiger partial charge is 0.493 e. The number of ether oxygens (including phenoxy) is 2. The van der Waals surface area contributed by atoms with E-state index >= 15 is 0 Å². The third-order valence-electron chi connectivity index (χ3n) is 4.68. The number of nitro benzene ring substituents is 1. The Kier molecular flexibility index (Phi) is 7.62. The molecule has 3 rings (SSSR count). The zero-order valence-electron chi connectivity index (χ0n) is 17.5. The number of hydrogen-bond acceptors (Lipinski definition) is 5. The summed E-state index contributed by atoms with van der Waals surface area (Å²) in [6, 6.07) is 17.5. The van der Waals surface area contributed by atoms with Gasteiger partial charge in [0.05, 0.1) is 17.7 Å². The van der Waals surface area contributed by atoms with Crippen LogP contribution >= 0.6 is 15.9 Å². The summed E-state index contributed by atoms with van der Waals surface area (Å²) < 4.78 is 11.8. The van der Waals surface area contributed by atoms with E-state index in [1.165, 1.54) is 24.3 Å². The lowest BCUT2D eigenvalue weighted by Gasteiger charge is -2.12. The quantitative estimate of drug-likeness (QED) is 0.238. The second-order valence-electron chi connectivity index (χ2n) is 6.87.